The molecule has 2 rings (SSSR count). The van der Waals surface area contributed by atoms with Crippen molar-refractivity contribution in [1.82, 2.24) is 14.8 Å². The van der Waals surface area contributed by atoms with Gasteiger partial charge in [0, 0.05) is 38.3 Å². The minimum absolute atomic E-state index is 0.121. The standard InChI is InChI=1S/C13H17N3O5/c1-8(13(20)21)15-2-4-16(5-3-15)12(19)9-6-10(17)14-11(18)7-9/h6-8H,2-5H2,1H3,(H,20,21)(H2,14,17,18). The van der Waals surface area contributed by atoms with Gasteiger partial charge in [0.2, 0.25) is 0 Å². The first-order valence-electron chi connectivity index (χ1n) is 6.58. The number of rotatable bonds is 3. The molecule has 1 aromatic heterocycles. The topological polar surface area (TPSA) is 114 Å². The van der Waals surface area contributed by atoms with Gasteiger partial charge in [-0.3, -0.25) is 24.3 Å². The summed E-state index contributed by atoms with van der Waals surface area (Å²) < 4.78 is 0. The number of aromatic amines is 1. The highest BCUT2D eigenvalue weighted by Gasteiger charge is 2.27. The number of piperazine rings is 1. The Bertz CT molecular complexity index is 604. The van der Waals surface area contributed by atoms with E-state index < -0.39 is 17.6 Å². The van der Waals surface area contributed by atoms with Crippen LogP contribution in [0.15, 0.2) is 16.9 Å². The molecule has 0 bridgehead atoms. The maximum Gasteiger partial charge on any atom is 0.320 e. The number of aliphatic carboxylic acids is 1. The van der Waals surface area contributed by atoms with Gasteiger partial charge in [-0.1, -0.05) is 0 Å². The van der Waals surface area contributed by atoms with Crippen molar-refractivity contribution in [3.05, 3.63) is 28.0 Å². The predicted octanol–water partition coefficient (Wildman–Crippen LogP) is -0.689. The maximum absolute atomic E-state index is 12.2. The number of hydrogen-bond acceptors (Lipinski definition) is 5. The first kappa shape index (κ1) is 15.0. The van der Waals surface area contributed by atoms with E-state index in [4.69, 9.17) is 5.11 Å². The lowest BCUT2D eigenvalue weighted by Gasteiger charge is -2.36. The summed E-state index contributed by atoms with van der Waals surface area (Å²) in [5, 5.41) is 18.3. The van der Waals surface area contributed by atoms with E-state index in [2.05, 4.69) is 4.98 Å². The van der Waals surface area contributed by atoms with E-state index in [9.17, 15) is 19.5 Å². The summed E-state index contributed by atoms with van der Waals surface area (Å²) >= 11 is 0. The van der Waals surface area contributed by atoms with Crippen molar-refractivity contribution in [2.45, 2.75) is 13.0 Å². The molecule has 1 aromatic rings. The van der Waals surface area contributed by atoms with E-state index in [0.29, 0.717) is 26.2 Å². The largest absolute Gasteiger partial charge is 0.494 e. The summed E-state index contributed by atoms with van der Waals surface area (Å²) in [6.07, 6.45) is 0. The summed E-state index contributed by atoms with van der Waals surface area (Å²) in [5.74, 6) is -1.60. The van der Waals surface area contributed by atoms with E-state index in [1.54, 1.807) is 16.7 Å². The number of aromatic nitrogens is 1. The number of carboxylic acid groups (broad SMARTS) is 1. The second-order valence-corrected chi connectivity index (χ2v) is 4.96. The summed E-state index contributed by atoms with van der Waals surface area (Å²) in [5.41, 5.74) is -0.424. The van der Waals surface area contributed by atoms with Gasteiger partial charge in [-0.2, -0.15) is 0 Å². The highest BCUT2D eigenvalue weighted by molar-refractivity contribution is 5.94. The van der Waals surface area contributed by atoms with Crippen molar-refractivity contribution < 1.29 is 19.8 Å². The highest BCUT2D eigenvalue weighted by atomic mass is 16.4. The van der Waals surface area contributed by atoms with E-state index >= 15 is 0 Å². The number of hydrogen-bond donors (Lipinski definition) is 3. The Morgan fingerprint density at radius 3 is 2.38 bits per heavy atom. The summed E-state index contributed by atoms with van der Waals surface area (Å²) in [4.78, 5) is 39.9. The second kappa shape index (κ2) is 5.96. The van der Waals surface area contributed by atoms with Gasteiger partial charge in [0.1, 0.15) is 6.04 Å². The molecule has 0 saturated carbocycles. The molecule has 0 aliphatic carbocycles. The van der Waals surface area contributed by atoms with E-state index in [0.717, 1.165) is 6.07 Å². The molecular weight excluding hydrogens is 278 g/mol. The van der Waals surface area contributed by atoms with Gasteiger partial charge in [-0.15, -0.1) is 0 Å². The fourth-order valence-electron chi connectivity index (χ4n) is 2.30. The summed E-state index contributed by atoms with van der Waals surface area (Å²) in [7, 11) is 0. The van der Waals surface area contributed by atoms with Crippen molar-refractivity contribution in [2.75, 3.05) is 26.2 Å². The number of carboxylic acids is 1. The van der Waals surface area contributed by atoms with Gasteiger partial charge in [-0.25, -0.2) is 0 Å². The SMILES string of the molecule is CC(C(=O)O)N1CCN(C(=O)c2cc(O)[nH]c(=O)c2)CC1. The number of pyridine rings is 1. The third-order valence-electron chi connectivity index (χ3n) is 3.58. The van der Waals surface area contributed by atoms with Crippen LogP contribution >= 0.6 is 0 Å². The number of amides is 1. The van der Waals surface area contributed by atoms with Crippen molar-refractivity contribution in [3.8, 4) is 5.88 Å². The van der Waals surface area contributed by atoms with Crippen LogP contribution in [0, 0.1) is 0 Å². The Kier molecular flexibility index (Phi) is 4.27. The van der Waals surface area contributed by atoms with Crippen LogP contribution in [-0.4, -0.2) is 69.1 Å². The van der Waals surface area contributed by atoms with Gasteiger partial charge in [0.25, 0.3) is 11.5 Å². The minimum Gasteiger partial charge on any atom is -0.494 e. The van der Waals surface area contributed by atoms with E-state index in [-0.39, 0.29) is 17.4 Å². The molecule has 1 saturated heterocycles. The number of nitrogens with one attached hydrogen (secondary N) is 1. The lowest BCUT2D eigenvalue weighted by molar-refractivity contribution is -0.143. The third-order valence-corrected chi connectivity index (χ3v) is 3.58. The normalized spacial score (nSPS) is 17.5. The quantitative estimate of drug-likeness (QED) is 0.680. The number of H-pyrrole nitrogens is 1. The van der Waals surface area contributed by atoms with Gasteiger partial charge in [-0.05, 0) is 6.92 Å². The van der Waals surface area contributed by atoms with Crippen LogP contribution in [0.25, 0.3) is 0 Å². The summed E-state index contributed by atoms with van der Waals surface area (Å²) in [6, 6.07) is 1.75. The molecule has 1 aliphatic heterocycles. The lowest BCUT2D eigenvalue weighted by atomic mass is 10.2. The zero-order valence-electron chi connectivity index (χ0n) is 11.6. The number of carbonyl (C=O) groups is 2. The fraction of sp³-hybridized carbons (Fsp3) is 0.462. The van der Waals surface area contributed by atoms with Gasteiger partial charge >= 0.3 is 5.97 Å². The lowest BCUT2D eigenvalue weighted by Crippen LogP contribution is -2.53. The molecule has 0 spiro atoms. The highest BCUT2D eigenvalue weighted by Crippen LogP contribution is 2.12. The maximum atomic E-state index is 12.2. The van der Waals surface area contributed by atoms with Crippen LogP contribution < -0.4 is 5.56 Å². The first-order chi connectivity index (χ1) is 9.88. The van der Waals surface area contributed by atoms with Gasteiger partial charge in [0.05, 0.1) is 5.56 Å². The molecule has 1 atom stereocenters. The van der Waals surface area contributed by atoms with Crippen LogP contribution in [0.1, 0.15) is 17.3 Å². The molecule has 0 radical (unpaired) electrons. The van der Waals surface area contributed by atoms with Crippen LogP contribution in [-0.2, 0) is 4.79 Å². The average molecular weight is 295 g/mol. The Balaban J connectivity index is 2.03. The van der Waals surface area contributed by atoms with Crippen molar-refractivity contribution in [1.29, 1.82) is 0 Å². The van der Waals surface area contributed by atoms with Crippen LogP contribution in [0.4, 0.5) is 0 Å². The van der Waals surface area contributed by atoms with Crippen molar-refractivity contribution >= 4 is 11.9 Å². The first-order valence-corrected chi connectivity index (χ1v) is 6.58. The number of aromatic hydroxyl groups is 1. The Morgan fingerprint density at radius 1 is 1.24 bits per heavy atom. The van der Waals surface area contributed by atoms with E-state index in [1.165, 1.54) is 6.07 Å². The van der Waals surface area contributed by atoms with Crippen LogP contribution in [0.3, 0.4) is 0 Å². The molecule has 1 amide bonds. The summed E-state index contributed by atoms with van der Waals surface area (Å²) in [6.45, 7) is 3.27. The molecule has 8 heteroatoms. The molecule has 114 valence electrons. The van der Waals surface area contributed by atoms with Gasteiger partial charge < -0.3 is 15.1 Å². The van der Waals surface area contributed by atoms with Crippen molar-refractivity contribution in [3.63, 3.8) is 0 Å². The van der Waals surface area contributed by atoms with E-state index in [1.807, 2.05) is 0 Å². The molecule has 1 aliphatic rings. The van der Waals surface area contributed by atoms with Gasteiger partial charge in [0.15, 0.2) is 5.88 Å². The van der Waals surface area contributed by atoms with Crippen LogP contribution in [0.2, 0.25) is 0 Å². The number of nitrogens with zero attached hydrogens (tertiary/aromatic N) is 2. The monoisotopic (exact) mass is 295 g/mol. The molecule has 0 aromatic carbocycles. The smallest absolute Gasteiger partial charge is 0.320 e. The molecule has 21 heavy (non-hydrogen) atoms. The fourth-order valence-corrected chi connectivity index (χ4v) is 2.30. The molecule has 3 N–H and O–H groups in total. The molecule has 1 unspecified atom stereocenters. The third kappa shape index (κ3) is 3.40. The average Bonchev–Trinajstić information content (AvgIpc) is 2.44. The molecule has 2 heterocycles. The molecule has 1 fully saturated rings. The van der Waals surface area contributed by atoms with Crippen molar-refractivity contribution in [2.24, 2.45) is 0 Å². The predicted molar refractivity (Wildman–Crippen MR) is 73.3 cm³/mol. The zero-order valence-corrected chi connectivity index (χ0v) is 11.6. The Labute approximate surface area is 120 Å². The Morgan fingerprint density at radius 2 is 1.86 bits per heavy atom. The molecule has 8 nitrogen and oxygen atoms in total. The minimum atomic E-state index is -0.894. The molecular formula is C13H17N3O5. The Hall–Kier alpha value is -2.35. The van der Waals surface area contributed by atoms with Crippen LogP contribution in [0.5, 0.6) is 5.88 Å². The number of carbonyl (C=O) groups excluding carboxylic acids is 1. The second-order valence-electron chi connectivity index (χ2n) is 4.96. The zero-order chi connectivity index (χ0) is 15.6.